The standard InChI is InChI=1S/C16H15N3O/c17-9-11-7-15(18)16(19-10-11)20-14-6-5-12-3-1-2-4-13(12)8-14/h5-8,10H,1-4,18H2. The minimum atomic E-state index is 0.347. The molecule has 0 unspecified atom stereocenters. The van der Waals surface area contributed by atoms with Crippen molar-refractivity contribution >= 4 is 5.69 Å². The van der Waals surface area contributed by atoms with Crippen molar-refractivity contribution in [3.63, 3.8) is 0 Å². The summed E-state index contributed by atoms with van der Waals surface area (Å²) in [4.78, 5) is 4.09. The van der Waals surface area contributed by atoms with Gasteiger partial charge in [0.1, 0.15) is 11.8 Å². The van der Waals surface area contributed by atoms with E-state index in [1.807, 2.05) is 12.1 Å². The number of benzene rings is 1. The summed E-state index contributed by atoms with van der Waals surface area (Å²) >= 11 is 0. The molecule has 0 saturated heterocycles. The number of fused-ring (bicyclic) bond motifs is 1. The molecule has 2 aromatic rings. The molecule has 1 aliphatic carbocycles. The number of hydrogen-bond donors (Lipinski definition) is 1. The Morgan fingerprint density at radius 3 is 2.70 bits per heavy atom. The van der Waals surface area contributed by atoms with Crippen molar-refractivity contribution in [3.05, 3.63) is 47.2 Å². The summed E-state index contributed by atoms with van der Waals surface area (Å²) < 4.78 is 5.73. The topological polar surface area (TPSA) is 71.9 Å². The van der Waals surface area contributed by atoms with Crippen molar-refractivity contribution in [1.29, 1.82) is 5.26 Å². The van der Waals surface area contributed by atoms with Crippen molar-refractivity contribution in [2.75, 3.05) is 5.73 Å². The zero-order valence-corrected chi connectivity index (χ0v) is 11.1. The number of nitrogen functional groups attached to an aromatic ring is 1. The van der Waals surface area contributed by atoms with Gasteiger partial charge in [-0.1, -0.05) is 6.07 Å². The molecule has 0 aliphatic heterocycles. The van der Waals surface area contributed by atoms with Gasteiger partial charge in [-0.2, -0.15) is 5.26 Å². The second kappa shape index (κ2) is 5.22. The number of pyridine rings is 1. The highest BCUT2D eigenvalue weighted by Gasteiger charge is 2.11. The lowest BCUT2D eigenvalue weighted by atomic mass is 9.92. The van der Waals surface area contributed by atoms with Crippen molar-refractivity contribution in [2.45, 2.75) is 25.7 Å². The van der Waals surface area contributed by atoms with Gasteiger partial charge in [-0.05, 0) is 55.0 Å². The molecular weight excluding hydrogens is 250 g/mol. The Bertz CT molecular complexity index is 689. The predicted molar refractivity (Wildman–Crippen MR) is 76.5 cm³/mol. The lowest BCUT2D eigenvalue weighted by Gasteiger charge is -2.16. The zero-order valence-electron chi connectivity index (χ0n) is 11.1. The molecule has 0 amide bonds. The molecule has 4 heteroatoms. The maximum atomic E-state index is 8.79. The van der Waals surface area contributed by atoms with Gasteiger partial charge in [-0.3, -0.25) is 0 Å². The molecular formula is C16H15N3O. The zero-order chi connectivity index (χ0) is 13.9. The minimum absolute atomic E-state index is 0.347. The van der Waals surface area contributed by atoms with Gasteiger partial charge in [0.15, 0.2) is 0 Å². The Labute approximate surface area is 117 Å². The largest absolute Gasteiger partial charge is 0.437 e. The van der Waals surface area contributed by atoms with Gasteiger partial charge in [-0.15, -0.1) is 0 Å². The van der Waals surface area contributed by atoms with E-state index in [1.165, 1.54) is 30.2 Å². The number of nitriles is 1. The molecule has 4 nitrogen and oxygen atoms in total. The number of rotatable bonds is 2. The molecule has 1 aromatic heterocycles. The molecule has 0 spiro atoms. The van der Waals surface area contributed by atoms with Crippen molar-refractivity contribution in [1.82, 2.24) is 4.98 Å². The van der Waals surface area contributed by atoms with E-state index in [1.54, 1.807) is 6.07 Å². The third-order valence-electron chi connectivity index (χ3n) is 3.54. The molecule has 0 radical (unpaired) electrons. The van der Waals surface area contributed by atoms with Crippen LogP contribution in [0, 0.1) is 11.3 Å². The molecule has 0 bridgehead atoms. The number of aryl methyl sites for hydroxylation is 2. The molecule has 20 heavy (non-hydrogen) atoms. The maximum Gasteiger partial charge on any atom is 0.242 e. The van der Waals surface area contributed by atoms with Crippen LogP contribution >= 0.6 is 0 Å². The first-order valence-corrected chi connectivity index (χ1v) is 6.71. The molecule has 100 valence electrons. The van der Waals surface area contributed by atoms with Crippen molar-refractivity contribution in [3.8, 4) is 17.7 Å². The van der Waals surface area contributed by atoms with Gasteiger partial charge in [0, 0.05) is 6.20 Å². The Kier molecular flexibility index (Phi) is 3.26. The van der Waals surface area contributed by atoms with Gasteiger partial charge in [-0.25, -0.2) is 4.98 Å². The average Bonchev–Trinajstić information content (AvgIpc) is 2.49. The summed E-state index contributed by atoms with van der Waals surface area (Å²) in [5, 5.41) is 8.79. The Balaban J connectivity index is 1.86. The van der Waals surface area contributed by atoms with E-state index in [9.17, 15) is 0 Å². The third-order valence-corrected chi connectivity index (χ3v) is 3.54. The van der Waals surface area contributed by atoms with Crippen LogP contribution in [0.15, 0.2) is 30.5 Å². The molecule has 1 aromatic carbocycles. The Morgan fingerprint density at radius 2 is 1.95 bits per heavy atom. The van der Waals surface area contributed by atoms with Crippen LogP contribution in [0.5, 0.6) is 11.6 Å². The summed E-state index contributed by atoms with van der Waals surface area (Å²) in [6, 6.07) is 9.70. The first-order chi connectivity index (χ1) is 9.76. The van der Waals surface area contributed by atoms with Crippen LogP contribution in [0.1, 0.15) is 29.5 Å². The number of aromatic nitrogens is 1. The second-order valence-corrected chi connectivity index (χ2v) is 4.97. The molecule has 0 saturated carbocycles. The summed E-state index contributed by atoms with van der Waals surface area (Å²) in [5.41, 5.74) is 9.41. The maximum absolute atomic E-state index is 8.79. The molecule has 3 rings (SSSR count). The van der Waals surface area contributed by atoms with Crippen LogP contribution in [0.2, 0.25) is 0 Å². The summed E-state index contributed by atoms with van der Waals surface area (Å²) in [7, 11) is 0. The van der Waals surface area contributed by atoms with Gasteiger partial charge < -0.3 is 10.5 Å². The van der Waals surface area contributed by atoms with E-state index in [4.69, 9.17) is 15.7 Å². The molecule has 1 heterocycles. The highest BCUT2D eigenvalue weighted by molar-refractivity contribution is 5.53. The lowest BCUT2D eigenvalue weighted by molar-refractivity contribution is 0.464. The molecule has 1 aliphatic rings. The number of ether oxygens (including phenoxy) is 1. The Hall–Kier alpha value is -2.54. The van der Waals surface area contributed by atoms with Crippen LogP contribution in [0.3, 0.4) is 0 Å². The van der Waals surface area contributed by atoms with E-state index in [0.717, 1.165) is 18.6 Å². The molecule has 0 fully saturated rings. The van der Waals surface area contributed by atoms with Gasteiger partial charge >= 0.3 is 0 Å². The average molecular weight is 265 g/mol. The third kappa shape index (κ3) is 2.43. The first-order valence-electron chi connectivity index (χ1n) is 6.71. The quantitative estimate of drug-likeness (QED) is 0.905. The number of anilines is 1. The van der Waals surface area contributed by atoms with Crippen LogP contribution < -0.4 is 10.5 Å². The fourth-order valence-corrected chi connectivity index (χ4v) is 2.50. The van der Waals surface area contributed by atoms with Crippen molar-refractivity contribution < 1.29 is 4.74 Å². The van der Waals surface area contributed by atoms with Gasteiger partial charge in [0.05, 0.1) is 11.3 Å². The van der Waals surface area contributed by atoms with E-state index in [-0.39, 0.29) is 0 Å². The minimum Gasteiger partial charge on any atom is -0.437 e. The van der Waals surface area contributed by atoms with Crippen LogP contribution in [-0.4, -0.2) is 4.98 Å². The number of nitrogens with two attached hydrogens (primary N) is 1. The number of nitrogens with zero attached hydrogens (tertiary/aromatic N) is 2. The monoisotopic (exact) mass is 265 g/mol. The number of hydrogen-bond acceptors (Lipinski definition) is 4. The van der Waals surface area contributed by atoms with E-state index in [0.29, 0.717) is 17.1 Å². The Morgan fingerprint density at radius 1 is 1.15 bits per heavy atom. The summed E-state index contributed by atoms with van der Waals surface area (Å²) in [6.45, 7) is 0. The first kappa shape index (κ1) is 12.5. The van der Waals surface area contributed by atoms with Crippen molar-refractivity contribution in [2.24, 2.45) is 0 Å². The fraction of sp³-hybridized carbons (Fsp3) is 0.250. The SMILES string of the molecule is N#Cc1cnc(Oc2ccc3c(c2)CCCC3)c(N)c1. The van der Waals surface area contributed by atoms with Crippen LogP contribution in [0.25, 0.3) is 0 Å². The van der Waals surface area contributed by atoms with Gasteiger partial charge in [0.25, 0.3) is 0 Å². The highest BCUT2D eigenvalue weighted by atomic mass is 16.5. The normalized spacial score (nSPS) is 13.3. The van der Waals surface area contributed by atoms with E-state index < -0.39 is 0 Å². The van der Waals surface area contributed by atoms with E-state index in [2.05, 4.69) is 17.1 Å². The van der Waals surface area contributed by atoms with Gasteiger partial charge in [0.2, 0.25) is 5.88 Å². The molecule has 0 atom stereocenters. The van der Waals surface area contributed by atoms with E-state index >= 15 is 0 Å². The summed E-state index contributed by atoms with van der Waals surface area (Å²) in [6.07, 6.45) is 6.20. The highest BCUT2D eigenvalue weighted by Crippen LogP contribution is 2.29. The van der Waals surface area contributed by atoms with Crippen LogP contribution in [0.4, 0.5) is 5.69 Å². The predicted octanol–water partition coefficient (Wildman–Crippen LogP) is 3.21. The van der Waals surface area contributed by atoms with Crippen LogP contribution in [-0.2, 0) is 12.8 Å². The summed E-state index contributed by atoms with van der Waals surface area (Å²) in [5.74, 6) is 1.09. The second-order valence-electron chi connectivity index (χ2n) is 4.97. The smallest absolute Gasteiger partial charge is 0.242 e. The molecule has 2 N–H and O–H groups in total. The lowest BCUT2D eigenvalue weighted by Crippen LogP contribution is -2.03. The fourth-order valence-electron chi connectivity index (χ4n) is 2.50.